The second kappa shape index (κ2) is 10.7. The molecule has 2 N–H and O–H groups in total. The van der Waals surface area contributed by atoms with Crippen LogP contribution in [-0.2, 0) is 4.79 Å². The number of carbonyl (C=O) groups excluding carboxylic acids is 2. The summed E-state index contributed by atoms with van der Waals surface area (Å²) in [6, 6.07) is 19.3. The first kappa shape index (κ1) is 24.5. The summed E-state index contributed by atoms with van der Waals surface area (Å²) in [5, 5.41) is 7.96. The van der Waals surface area contributed by atoms with Gasteiger partial charge in [-0.15, -0.1) is 0 Å². The number of anilines is 2. The molecule has 1 aliphatic heterocycles. The standard InChI is InChI=1S/C27H30N4O3S/c1-18(2)26(33)31-14-12-30(13-15-31)22-10-8-21(9-11-22)28-27(35)29-25(32)23-16-19-6-4-5-7-20(19)17-24(23)34-3/h4-11,16-18H,12-15H2,1-3H3,(H2,28,29,32,35). The van der Waals surface area contributed by atoms with Crippen LogP contribution in [0, 0.1) is 5.92 Å². The van der Waals surface area contributed by atoms with Crippen LogP contribution in [0.25, 0.3) is 10.8 Å². The number of thiocarbonyl (C=S) groups is 1. The maximum Gasteiger partial charge on any atom is 0.261 e. The highest BCUT2D eigenvalue weighted by Crippen LogP contribution is 2.26. The van der Waals surface area contributed by atoms with E-state index in [1.807, 2.05) is 73.3 Å². The van der Waals surface area contributed by atoms with Gasteiger partial charge in [-0.05, 0) is 59.4 Å². The molecule has 0 atom stereocenters. The summed E-state index contributed by atoms with van der Waals surface area (Å²) in [7, 11) is 1.54. The molecule has 7 nitrogen and oxygen atoms in total. The molecular formula is C27H30N4O3S. The minimum atomic E-state index is -0.337. The average Bonchev–Trinajstić information content (AvgIpc) is 2.87. The second-order valence-electron chi connectivity index (χ2n) is 8.82. The lowest BCUT2D eigenvalue weighted by atomic mass is 10.1. The van der Waals surface area contributed by atoms with Crippen LogP contribution in [0.5, 0.6) is 5.75 Å². The van der Waals surface area contributed by atoms with Gasteiger partial charge in [-0.1, -0.05) is 38.1 Å². The lowest BCUT2D eigenvalue weighted by Crippen LogP contribution is -2.49. The van der Waals surface area contributed by atoms with Gasteiger partial charge >= 0.3 is 0 Å². The van der Waals surface area contributed by atoms with Gasteiger partial charge in [-0.2, -0.15) is 0 Å². The molecule has 3 aromatic rings. The minimum Gasteiger partial charge on any atom is -0.496 e. The van der Waals surface area contributed by atoms with Crippen molar-refractivity contribution in [1.29, 1.82) is 0 Å². The fourth-order valence-electron chi connectivity index (χ4n) is 4.20. The Morgan fingerprint density at radius 3 is 2.17 bits per heavy atom. The lowest BCUT2D eigenvalue weighted by molar-refractivity contribution is -0.134. The molecule has 0 spiro atoms. The van der Waals surface area contributed by atoms with E-state index in [-0.39, 0.29) is 22.8 Å². The molecule has 8 heteroatoms. The largest absolute Gasteiger partial charge is 0.496 e. The SMILES string of the molecule is COc1cc2ccccc2cc1C(=O)NC(=S)Nc1ccc(N2CCN(C(=O)C(C)C)CC2)cc1. The third-order valence-corrected chi connectivity index (χ3v) is 6.32. The Bertz CT molecular complexity index is 1230. The van der Waals surface area contributed by atoms with Crippen LogP contribution in [-0.4, -0.2) is 55.1 Å². The van der Waals surface area contributed by atoms with E-state index in [1.54, 1.807) is 13.2 Å². The molecule has 1 fully saturated rings. The van der Waals surface area contributed by atoms with Gasteiger partial charge in [0.05, 0.1) is 12.7 Å². The molecule has 0 bridgehead atoms. The highest BCUT2D eigenvalue weighted by molar-refractivity contribution is 7.80. The van der Waals surface area contributed by atoms with Crippen LogP contribution in [0.15, 0.2) is 60.7 Å². The zero-order valence-corrected chi connectivity index (χ0v) is 21.0. The van der Waals surface area contributed by atoms with Crippen molar-refractivity contribution in [2.24, 2.45) is 5.92 Å². The normalized spacial score (nSPS) is 13.6. The number of methoxy groups -OCH3 is 1. The summed E-state index contributed by atoms with van der Waals surface area (Å²) < 4.78 is 5.43. The molecule has 1 aliphatic rings. The van der Waals surface area contributed by atoms with Crippen LogP contribution in [0.4, 0.5) is 11.4 Å². The van der Waals surface area contributed by atoms with Crippen molar-refractivity contribution >= 4 is 51.3 Å². The number of benzene rings is 3. The summed E-state index contributed by atoms with van der Waals surface area (Å²) >= 11 is 5.37. The van der Waals surface area contributed by atoms with Gasteiger partial charge in [-0.3, -0.25) is 14.9 Å². The second-order valence-corrected chi connectivity index (χ2v) is 9.23. The van der Waals surface area contributed by atoms with Gasteiger partial charge in [0.2, 0.25) is 5.91 Å². The van der Waals surface area contributed by atoms with Crippen LogP contribution < -0.4 is 20.3 Å². The van der Waals surface area contributed by atoms with Crippen molar-refractivity contribution in [1.82, 2.24) is 10.2 Å². The van der Waals surface area contributed by atoms with Gasteiger partial charge in [0.1, 0.15) is 5.75 Å². The molecule has 0 radical (unpaired) electrons. The molecule has 1 heterocycles. The number of fused-ring (bicyclic) bond motifs is 1. The van der Waals surface area contributed by atoms with Gasteiger partial charge in [0.25, 0.3) is 5.91 Å². The highest BCUT2D eigenvalue weighted by atomic mass is 32.1. The molecule has 0 unspecified atom stereocenters. The number of nitrogens with one attached hydrogen (secondary N) is 2. The number of carbonyl (C=O) groups is 2. The van der Waals surface area contributed by atoms with E-state index < -0.39 is 0 Å². The zero-order chi connectivity index (χ0) is 24.9. The predicted molar refractivity (Wildman–Crippen MR) is 144 cm³/mol. The average molecular weight is 491 g/mol. The van der Waals surface area contributed by atoms with E-state index in [9.17, 15) is 9.59 Å². The number of hydrogen-bond acceptors (Lipinski definition) is 5. The molecule has 2 amide bonds. The first-order chi connectivity index (χ1) is 16.9. The van der Waals surface area contributed by atoms with Crippen molar-refractivity contribution in [2.75, 3.05) is 43.5 Å². The first-order valence-corrected chi connectivity index (χ1v) is 12.1. The maximum atomic E-state index is 12.9. The number of amides is 2. The monoisotopic (exact) mass is 490 g/mol. The van der Waals surface area contributed by atoms with E-state index >= 15 is 0 Å². The van der Waals surface area contributed by atoms with Gasteiger partial charge < -0.3 is 19.9 Å². The van der Waals surface area contributed by atoms with Crippen molar-refractivity contribution in [2.45, 2.75) is 13.8 Å². The fourth-order valence-corrected chi connectivity index (χ4v) is 4.41. The van der Waals surface area contributed by atoms with Gasteiger partial charge in [0, 0.05) is 43.5 Å². The number of piperazine rings is 1. The summed E-state index contributed by atoms with van der Waals surface area (Å²) in [6.45, 7) is 6.93. The summed E-state index contributed by atoms with van der Waals surface area (Å²) in [6.07, 6.45) is 0. The first-order valence-electron chi connectivity index (χ1n) is 11.7. The molecule has 1 saturated heterocycles. The van der Waals surface area contributed by atoms with Crippen molar-refractivity contribution in [3.63, 3.8) is 0 Å². The molecule has 0 aromatic heterocycles. The molecule has 0 saturated carbocycles. The Hall–Kier alpha value is -3.65. The molecule has 35 heavy (non-hydrogen) atoms. The summed E-state index contributed by atoms with van der Waals surface area (Å²) in [5.41, 5.74) is 2.28. The van der Waals surface area contributed by atoms with Crippen LogP contribution >= 0.6 is 12.2 Å². The Morgan fingerprint density at radius 1 is 0.943 bits per heavy atom. The molecule has 4 rings (SSSR count). The van der Waals surface area contributed by atoms with Crippen LogP contribution in [0.3, 0.4) is 0 Å². The minimum absolute atomic E-state index is 0.0264. The smallest absolute Gasteiger partial charge is 0.261 e. The molecule has 3 aromatic carbocycles. The Kier molecular flexibility index (Phi) is 7.51. The topological polar surface area (TPSA) is 73.9 Å². The highest BCUT2D eigenvalue weighted by Gasteiger charge is 2.23. The Labute approximate surface area is 211 Å². The zero-order valence-electron chi connectivity index (χ0n) is 20.2. The van der Waals surface area contributed by atoms with E-state index in [0.717, 1.165) is 48.3 Å². The number of nitrogens with zero attached hydrogens (tertiary/aromatic N) is 2. The molecular weight excluding hydrogens is 460 g/mol. The van der Waals surface area contributed by atoms with Crippen molar-refractivity contribution in [3.8, 4) is 5.75 Å². The van der Waals surface area contributed by atoms with Crippen LogP contribution in [0.2, 0.25) is 0 Å². The maximum absolute atomic E-state index is 12.9. The number of ether oxygens (including phenoxy) is 1. The Morgan fingerprint density at radius 2 is 1.57 bits per heavy atom. The molecule has 182 valence electrons. The fraction of sp³-hybridized carbons (Fsp3) is 0.296. The van der Waals surface area contributed by atoms with E-state index in [0.29, 0.717) is 11.3 Å². The van der Waals surface area contributed by atoms with Crippen LogP contribution in [0.1, 0.15) is 24.2 Å². The number of hydrogen-bond donors (Lipinski definition) is 2. The third kappa shape index (κ3) is 5.71. The Balaban J connectivity index is 1.35. The van der Waals surface area contributed by atoms with E-state index in [2.05, 4.69) is 15.5 Å². The summed E-state index contributed by atoms with van der Waals surface area (Å²) in [4.78, 5) is 29.3. The van der Waals surface area contributed by atoms with E-state index in [4.69, 9.17) is 17.0 Å². The van der Waals surface area contributed by atoms with Gasteiger partial charge in [0.15, 0.2) is 5.11 Å². The van der Waals surface area contributed by atoms with Crippen molar-refractivity contribution < 1.29 is 14.3 Å². The third-order valence-electron chi connectivity index (χ3n) is 6.12. The lowest BCUT2D eigenvalue weighted by Gasteiger charge is -2.37. The van der Waals surface area contributed by atoms with Gasteiger partial charge in [-0.25, -0.2) is 0 Å². The van der Waals surface area contributed by atoms with E-state index in [1.165, 1.54) is 0 Å². The quantitative estimate of drug-likeness (QED) is 0.520. The number of rotatable bonds is 5. The predicted octanol–water partition coefficient (Wildman–Crippen LogP) is 4.28. The molecule has 0 aliphatic carbocycles. The van der Waals surface area contributed by atoms with Crippen molar-refractivity contribution in [3.05, 3.63) is 66.2 Å². The summed E-state index contributed by atoms with van der Waals surface area (Å²) in [5.74, 6) is 0.388.